The molecule has 1 amide bonds. The molecular weight excluding hydrogens is 401 g/mol. The molecule has 3 nitrogen and oxygen atoms in total. The van der Waals surface area contributed by atoms with Crippen molar-refractivity contribution >= 4 is 56.8 Å². The van der Waals surface area contributed by atoms with E-state index >= 15 is 0 Å². The molecule has 0 aliphatic rings. The monoisotopic (exact) mass is 413 g/mol. The van der Waals surface area contributed by atoms with Crippen molar-refractivity contribution in [2.45, 2.75) is 6.92 Å². The molecule has 0 unspecified atom stereocenters. The van der Waals surface area contributed by atoms with Gasteiger partial charge in [-0.3, -0.25) is 4.79 Å². The van der Waals surface area contributed by atoms with Gasteiger partial charge in [-0.25, -0.2) is 0 Å². The Balaban J connectivity index is 2.16. The Bertz CT molecular complexity index is 775. The van der Waals surface area contributed by atoms with E-state index in [9.17, 15) is 4.79 Å². The molecule has 23 heavy (non-hydrogen) atoms. The fourth-order valence-corrected chi connectivity index (χ4v) is 2.82. The van der Waals surface area contributed by atoms with Gasteiger partial charge in [0.25, 0.3) is 0 Å². The number of nitrogens with one attached hydrogen (secondary N) is 1. The van der Waals surface area contributed by atoms with Crippen LogP contribution in [0.3, 0.4) is 0 Å². The quantitative estimate of drug-likeness (QED) is 0.649. The van der Waals surface area contributed by atoms with Crippen molar-refractivity contribution in [2.75, 3.05) is 12.4 Å². The zero-order valence-corrected chi connectivity index (χ0v) is 15.6. The number of benzene rings is 2. The summed E-state index contributed by atoms with van der Waals surface area (Å²) in [6, 6.07) is 8.85. The van der Waals surface area contributed by atoms with Gasteiger partial charge in [0.2, 0.25) is 5.91 Å². The molecule has 120 valence electrons. The van der Waals surface area contributed by atoms with Crippen LogP contribution in [0, 0.1) is 6.92 Å². The topological polar surface area (TPSA) is 38.3 Å². The van der Waals surface area contributed by atoms with E-state index in [1.807, 2.05) is 25.1 Å². The summed E-state index contributed by atoms with van der Waals surface area (Å²) in [5, 5.41) is 3.66. The van der Waals surface area contributed by atoms with Gasteiger partial charge in [0.05, 0.1) is 12.1 Å². The molecule has 0 atom stereocenters. The van der Waals surface area contributed by atoms with Crippen LogP contribution in [0.2, 0.25) is 10.0 Å². The van der Waals surface area contributed by atoms with E-state index < -0.39 is 0 Å². The molecular formula is C17H14BrCl2NO2. The minimum atomic E-state index is -0.259. The predicted molar refractivity (Wildman–Crippen MR) is 99.6 cm³/mol. The number of rotatable bonds is 4. The van der Waals surface area contributed by atoms with Crippen LogP contribution >= 0.6 is 39.1 Å². The Morgan fingerprint density at radius 2 is 2.00 bits per heavy atom. The van der Waals surface area contributed by atoms with Gasteiger partial charge in [-0.15, -0.1) is 0 Å². The number of ether oxygens (including phenoxy) is 1. The lowest BCUT2D eigenvalue weighted by Crippen LogP contribution is -2.07. The standard InChI is InChI=1S/C17H14BrCl2NO2/c1-10-7-13(4-5-14(10)18)21-16(22)6-3-11-8-12(19)9-15(20)17(11)23-2/h3-9H,1-2H3,(H,21,22). The number of carbonyl (C=O) groups excluding carboxylic acids is 1. The maximum Gasteiger partial charge on any atom is 0.248 e. The summed E-state index contributed by atoms with van der Waals surface area (Å²) in [4.78, 5) is 12.0. The minimum Gasteiger partial charge on any atom is -0.495 e. The Labute approximate surface area is 153 Å². The highest BCUT2D eigenvalue weighted by Gasteiger charge is 2.08. The number of hydrogen-bond donors (Lipinski definition) is 1. The molecule has 0 aliphatic heterocycles. The highest BCUT2D eigenvalue weighted by molar-refractivity contribution is 9.10. The highest BCUT2D eigenvalue weighted by Crippen LogP contribution is 2.33. The van der Waals surface area contributed by atoms with Gasteiger partial charge in [0.15, 0.2) is 0 Å². The molecule has 0 aliphatic carbocycles. The summed E-state index contributed by atoms with van der Waals surface area (Å²) >= 11 is 15.5. The fourth-order valence-electron chi connectivity index (χ4n) is 1.99. The Hall–Kier alpha value is -1.49. The number of methoxy groups -OCH3 is 1. The van der Waals surface area contributed by atoms with Gasteiger partial charge >= 0.3 is 0 Å². The molecule has 0 heterocycles. The van der Waals surface area contributed by atoms with Crippen LogP contribution < -0.4 is 10.1 Å². The molecule has 0 radical (unpaired) electrons. The van der Waals surface area contributed by atoms with E-state index in [0.717, 1.165) is 15.7 Å². The summed E-state index contributed by atoms with van der Waals surface area (Å²) in [7, 11) is 1.51. The highest BCUT2D eigenvalue weighted by atomic mass is 79.9. The van der Waals surface area contributed by atoms with E-state index in [1.165, 1.54) is 13.2 Å². The third-order valence-corrected chi connectivity index (χ3v) is 4.47. The summed E-state index contributed by atoms with van der Waals surface area (Å²) in [5.74, 6) is 0.212. The summed E-state index contributed by atoms with van der Waals surface area (Å²) < 4.78 is 6.22. The normalized spacial score (nSPS) is 10.8. The number of carbonyl (C=O) groups is 1. The van der Waals surface area contributed by atoms with Gasteiger partial charge in [0, 0.05) is 26.8 Å². The van der Waals surface area contributed by atoms with E-state index in [-0.39, 0.29) is 5.91 Å². The molecule has 2 aromatic rings. The third-order valence-electron chi connectivity index (χ3n) is 3.08. The second kappa shape index (κ2) is 7.86. The van der Waals surface area contributed by atoms with Crippen LogP contribution in [0.25, 0.3) is 6.08 Å². The first-order valence-electron chi connectivity index (χ1n) is 6.69. The first kappa shape index (κ1) is 17.9. The van der Waals surface area contributed by atoms with Crippen LogP contribution in [0.1, 0.15) is 11.1 Å². The number of halogens is 3. The van der Waals surface area contributed by atoms with Crippen molar-refractivity contribution in [2.24, 2.45) is 0 Å². The van der Waals surface area contributed by atoms with Gasteiger partial charge < -0.3 is 10.1 Å². The van der Waals surface area contributed by atoms with Gasteiger partial charge in [-0.1, -0.05) is 39.1 Å². The molecule has 0 saturated heterocycles. The van der Waals surface area contributed by atoms with Crippen molar-refractivity contribution in [1.29, 1.82) is 0 Å². The minimum absolute atomic E-state index is 0.259. The molecule has 0 aromatic heterocycles. The Morgan fingerprint density at radius 3 is 2.65 bits per heavy atom. The number of aryl methyl sites for hydroxylation is 1. The summed E-state index contributed by atoms with van der Waals surface area (Å²) in [6.45, 7) is 1.95. The first-order valence-corrected chi connectivity index (χ1v) is 8.24. The van der Waals surface area contributed by atoms with Crippen LogP contribution in [-0.4, -0.2) is 13.0 Å². The first-order chi connectivity index (χ1) is 10.9. The lowest BCUT2D eigenvalue weighted by molar-refractivity contribution is -0.111. The molecule has 0 fully saturated rings. The number of anilines is 1. The molecule has 1 N–H and O–H groups in total. The molecule has 0 bridgehead atoms. The molecule has 2 aromatic carbocycles. The maximum absolute atomic E-state index is 12.0. The maximum atomic E-state index is 12.0. The van der Waals surface area contributed by atoms with Crippen molar-refractivity contribution in [3.8, 4) is 5.75 Å². The molecule has 0 spiro atoms. The predicted octanol–water partition coefficient (Wildman–Crippen LogP) is 5.72. The van der Waals surface area contributed by atoms with Crippen LogP contribution in [0.15, 0.2) is 40.9 Å². The van der Waals surface area contributed by atoms with Crippen molar-refractivity contribution in [3.63, 3.8) is 0 Å². The Morgan fingerprint density at radius 1 is 1.26 bits per heavy atom. The van der Waals surface area contributed by atoms with E-state index in [4.69, 9.17) is 27.9 Å². The number of hydrogen-bond acceptors (Lipinski definition) is 2. The lowest BCUT2D eigenvalue weighted by Gasteiger charge is -2.08. The zero-order valence-electron chi connectivity index (χ0n) is 12.5. The second-order valence-electron chi connectivity index (χ2n) is 4.80. The van der Waals surface area contributed by atoms with Crippen molar-refractivity contribution < 1.29 is 9.53 Å². The van der Waals surface area contributed by atoms with E-state index in [0.29, 0.717) is 21.4 Å². The van der Waals surface area contributed by atoms with Crippen LogP contribution in [-0.2, 0) is 4.79 Å². The summed E-state index contributed by atoms with van der Waals surface area (Å²) in [5.41, 5.74) is 2.39. The third kappa shape index (κ3) is 4.74. The van der Waals surface area contributed by atoms with Gasteiger partial charge in [-0.2, -0.15) is 0 Å². The van der Waals surface area contributed by atoms with Gasteiger partial charge in [-0.05, 0) is 48.9 Å². The molecule has 2 rings (SSSR count). The van der Waals surface area contributed by atoms with Crippen LogP contribution in [0.5, 0.6) is 5.75 Å². The van der Waals surface area contributed by atoms with Crippen molar-refractivity contribution in [1.82, 2.24) is 0 Å². The average molecular weight is 415 g/mol. The average Bonchev–Trinajstić information content (AvgIpc) is 2.48. The van der Waals surface area contributed by atoms with Gasteiger partial charge in [0.1, 0.15) is 5.75 Å². The Kier molecular flexibility index (Phi) is 6.10. The van der Waals surface area contributed by atoms with E-state index in [1.54, 1.807) is 18.2 Å². The molecule has 6 heteroatoms. The lowest BCUT2D eigenvalue weighted by atomic mass is 10.2. The fraction of sp³-hybridized carbons (Fsp3) is 0.118. The largest absolute Gasteiger partial charge is 0.495 e. The number of amides is 1. The second-order valence-corrected chi connectivity index (χ2v) is 6.49. The van der Waals surface area contributed by atoms with Crippen LogP contribution in [0.4, 0.5) is 5.69 Å². The van der Waals surface area contributed by atoms with Crippen molar-refractivity contribution in [3.05, 3.63) is 62.1 Å². The molecule has 0 saturated carbocycles. The smallest absolute Gasteiger partial charge is 0.248 e. The SMILES string of the molecule is COc1c(Cl)cc(Cl)cc1C=CC(=O)Nc1ccc(Br)c(C)c1. The summed E-state index contributed by atoms with van der Waals surface area (Å²) in [6.07, 6.45) is 3.01. The zero-order chi connectivity index (χ0) is 17.0. The van der Waals surface area contributed by atoms with E-state index in [2.05, 4.69) is 21.2 Å².